The van der Waals surface area contributed by atoms with Crippen molar-refractivity contribution in [1.29, 1.82) is 0 Å². The van der Waals surface area contributed by atoms with Crippen LogP contribution in [0.3, 0.4) is 0 Å². The molecule has 1 fully saturated rings. The summed E-state index contributed by atoms with van der Waals surface area (Å²) in [5, 5.41) is 0. The summed E-state index contributed by atoms with van der Waals surface area (Å²) in [5.41, 5.74) is 0.326. The average molecular weight is 347 g/mol. The summed E-state index contributed by atoms with van der Waals surface area (Å²) >= 11 is 0. The van der Waals surface area contributed by atoms with E-state index in [1.54, 1.807) is 11.1 Å². The highest BCUT2D eigenvalue weighted by Crippen LogP contribution is 2.11. The lowest BCUT2D eigenvalue weighted by Crippen LogP contribution is -2.49. The molecule has 1 aromatic rings. The number of hydrogen-bond donors (Lipinski definition) is 0. The zero-order valence-electron chi connectivity index (χ0n) is 15.5. The fourth-order valence-electron chi connectivity index (χ4n) is 2.99. The fraction of sp³-hybridized carbons (Fsp3) is 0.667. The Hall–Kier alpha value is -2.02. The second-order valence-corrected chi connectivity index (χ2v) is 6.41. The molecule has 0 aliphatic carbocycles. The van der Waals surface area contributed by atoms with E-state index in [0.717, 1.165) is 39.1 Å². The van der Waals surface area contributed by atoms with Gasteiger partial charge in [0.05, 0.1) is 6.20 Å². The lowest BCUT2D eigenvalue weighted by atomic mass is 10.2. The molecule has 0 spiro atoms. The predicted molar refractivity (Wildman–Crippen MR) is 96.1 cm³/mol. The van der Waals surface area contributed by atoms with Gasteiger partial charge < -0.3 is 14.7 Å². The summed E-state index contributed by atoms with van der Waals surface area (Å²) in [4.78, 5) is 39.3. The van der Waals surface area contributed by atoms with Crippen LogP contribution in [0, 0.1) is 0 Å². The zero-order valence-corrected chi connectivity index (χ0v) is 15.5. The number of likely N-dealkylation sites (N-methyl/N-ethyl adjacent to an activating group) is 1. The number of rotatable bonds is 7. The number of aromatic nitrogens is 2. The number of amides is 2. The van der Waals surface area contributed by atoms with Crippen LogP contribution in [0.4, 0.5) is 0 Å². The van der Waals surface area contributed by atoms with Crippen LogP contribution in [0.2, 0.25) is 0 Å². The van der Waals surface area contributed by atoms with Crippen molar-refractivity contribution in [2.75, 3.05) is 39.3 Å². The molecule has 1 aliphatic heterocycles. The van der Waals surface area contributed by atoms with E-state index in [1.807, 2.05) is 18.7 Å². The normalized spacial score (nSPS) is 16.5. The topological polar surface area (TPSA) is 69.6 Å². The first-order valence-electron chi connectivity index (χ1n) is 9.13. The lowest BCUT2D eigenvalue weighted by Gasteiger charge is -2.35. The molecular weight excluding hydrogens is 318 g/mol. The molecule has 2 heterocycles. The molecule has 138 valence electrons. The number of carbonyl (C=O) groups excluding carboxylic acids is 2. The van der Waals surface area contributed by atoms with Gasteiger partial charge in [-0.3, -0.25) is 14.6 Å². The van der Waals surface area contributed by atoms with E-state index >= 15 is 0 Å². The van der Waals surface area contributed by atoms with Gasteiger partial charge in [0.1, 0.15) is 5.69 Å². The minimum Gasteiger partial charge on any atom is -0.340 e. The maximum absolute atomic E-state index is 12.7. The van der Waals surface area contributed by atoms with Crippen LogP contribution >= 0.6 is 0 Å². The van der Waals surface area contributed by atoms with E-state index in [1.165, 1.54) is 12.4 Å². The highest BCUT2D eigenvalue weighted by atomic mass is 16.2. The molecule has 2 amide bonds. The van der Waals surface area contributed by atoms with Crippen molar-refractivity contribution in [3.8, 4) is 0 Å². The van der Waals surface area contributed by atoms with E-state index < -0.39 is 0 Å². The van der Waals surface area contributed by atoms with Crippen LogP contribution in [0.1, 0.15) is 44.1 Å². The van der Waals surface area contributed by atoms with Gasteiger partial charge in [0.25, 0.3) is 5.91 Å². The Morgan fingerprint density at radius 1 is 1.20 bits per heavy atom. The third-order valence-corrected chi connectivity index (χ3v) is 4.90. The van der Waals surface area contributed by atoms with E-state index in [4.69, 9.17) is 0 Å². The molecule has 1 unspecified atom stereocenters. The molecule has 0 bridgehead atoms. The minimum atomic E-state index is -0.161. The molecule has 0 aromatic carbocycles. The van der Waals surface area contributed by atoms with Gasteiger partial charge >= 0.3 is 0 Å². The first-order valence-corrected chi connectivity index (χ1v) is 9.13. The Labute approximate surface area is 150 Å². The maximum atomic E-state index is 12.7. The third kappa shape index (κ3) is 5.22. The average Bonchev–Trinajstić information content (AvgIpc) is 2.68. The van der Waals surface area contributed by atoms with E-state index in [9.17, 15) is 9.59 Å². The molecule has 0 radical (unpaired) electrons. The first-order chi connectivity index (χ1) is 12.1. The highest BCUT2D eigenvalue weighted by Gasteiger charge is 2.25. The SMILES string of the molecule is CCC(C)N(CCC(=O)N1CCN(CC)CC1)C(=O)c1cnccn1. The molecule has 1 saturated heterocycles. The summed E-state index contributed by atoms with van der Waals surface area (Å²) in [5.74, 6) is -0.0398. The Morgan fingerprint density at radius 2 is 1.92 bits per heavy atom. The molecule has 7 nitrogen and oxygen atoms in total. The summed E-state index contributed by atoms with van der Waals surface area (Å²) in [6.45, 7) is 11.0. The molecule has 0 N–H and O–H groups in total. The van der Waals surface area contributed by atoms with E-state index in [-0.39, 0.29) is 17.9 Å². The summed E-state index contributed by atoms with van der Waals surface area (Å²) in [6, 6.07) is 0.0549. The molecule has 2 rings (SSSR count). The molecule has 25 heavy (non-hydrogen) atoms. The fourth-order valence-corrected chi connectivity index (χ4v) is 2.99. The molecule has 1 aromatic heterocycles. The van der Waals surface area contributed by atoms with Crippen LogP contribution in [0.15, 0.2) is 18.6 Å². The van der Waals surface area contributed by atoms with Gasteiger partial charge in [-0.2, -0.15) is 0 Å². The van der Waals surface area contributed by atoms with Crippen LogP contribution in [0.5, 0.6) is 0 Å². The van der Waals surface area contributed by atoms with Crippen molar-refractivity contribution in [2.45, 2.75) is 39.7 Å². The third-order valence-electron chi connectivity index (χ3n) is 4.90. The molecular formula is C18H29N5O2. The van der Waals surface area contributed by atoms with Gasteiger partial charge in [-0.05, 0) is 19.9 Å². The van der Waals surface area contributed by atoms with Gasteiger partial charge in [0.2, 0.25) is 5.91 Å². The highest BCUT2D eigenvalue weighted by molar-refractivity contribution is 5.92. The van der Waals surface area contributed by atoms with Gasteiger partial charge in [0.15, 0.2) is 0 Å². The second kappa shape index (κ2) is 9.46. The zero-order chi connectivity index (χ0) is 18.2. The Kier molecular flexibility index (Phi) is 7.31. The number of nitrogens with zero attached hydrogens (tertiary/aromatic N) is 5. The van der Waals surface area contributed by atoms with Crippen LogP contribution in [-0.2, 0) is 4.79 Å². The Morgan fingerprint density at radius 3 is 2.48 bits per heavy atom. The maximum Gasteiger partial charge on any atom is 0.274 e. The molecule has 1 aliphatic rings. The standard InChI is InChI=1S/C18H29N5O2/c1-4-15(3)23(18(25)16-14-19-7-8-20-16)9-6-17(24)22-12-10-21(5-2)11-13-22/h7-8,14-15H,4-6,9-13H2,1-3H3. The van der Waals surface area contributed by atoms with Gasteiger partial charge in [-0.15, -0.1) is 0 Å². The van der Waals surface area contributed by atoms with Gasteiger partial charge in [-0.1, -0.05) is 13.8 Å². The van der Waals surface area contributed by atoms with Crippen molar-refractivity contribution >= 4 is 11.8 Å². The van der Waals surface area contributed by atoms with Gasteiger partial charge in [-0.25, -0.2) is 4.98 Å². The molecule has 7 heteroatoms. The van der Waals surface area contributed by atoms with Crippen LogP contribution in [0.25, 0.3) is 0 Å². The van der Waals surface area contributed by atoms with E-state index in [0.29, 0.717) is 18.7 Å². The number of piperazine rings is 1. The Balaban J connectivity index is 1.94. The smallest absolute Gasteiger partial charge is 0.274 e. The predicted octanol–water partition coefficient (Wildman–Crippen LogP) is 1.27. The van der Waals surface area contributed by atoms with Crippen molar-refractivity contribution in [2.24, 2.45) is 0 Å². The van der Waals surface area contributed by atoms with Crippen LogP contribution < -0.4 is 0 Å². The number of hydrogen-bond acceptors (Lipinski definition) is 5. The Bertz CT molecular complexity index is 558. The summed E-state index contributed by atoms with van der Waals surface area (Å²) in [7, 11) is 0. The monoisotopic (exact) mass is 347 g/mol. The van der Waals surface area contributed by atoms with Crippen LogP contribution in [-0.4, -0.2) is 81.8 Å². The van der Waals surface area contributed by atoms with Crippen molar-refractivity contribution in [3.05, 3.63) is 24.3 Å². The van der Waals surface area contributed by atoms with Crippen molar-refractivity contribution in [3.63, 3.8) is 0 Å². The van der Waals surface area contributed by atoms with Gasteiger partial charge in [0, 0.05) is 57.6 Å². The quantitative estimate of drug-likeness (QED) is 0.743. The van der Waals surface area contributed by atoms with E-state index in [2.05, 4.69) is 21.8 Å². The van der Waals surface area contributed by atoms with Crippen molar-refractivity contribution in [1.82, 2.24) is 24.7 Å². The lowest BCUT2D eigenvalue weighted by molar-refractivity contribution is -0.133. The first kappa shape index (κ1) is 19.3. The molecule has 0 saturated carbocycles. The molecule has 1 atom stereocenters. The number of carbonyl (C=O) groups is 2. The largest absolute Gasteiger partial charge is 0.340 e. The summed E-state index contributed by atoms with van der Waals surface area (Å²) in [6.07, 6.45) is 5.71. The minimum absolute atomic E-state index is 0.0549. The summed E-state index contributed by atoms with van der Waals surface area (Å²) < 4.78 is 0. The second-order valence-electron chi connectivity index (χ2n) is 6.41. The van der Waals surface area contributed by atoms with Crippen molar-refractivity contribution < 1.29 is 9.59 Å².